The molecule has 150 valence electrons. The van der Waals surface area contributed by atoms with E-state index >= 15 is 0 Å². The lowest BCUT2D eigenvalue weighted by Gasteiger charge is -2.31. The lowest BCUT2D eigenvalue weighted by molar-refractivity contribution is -0.136. The summed E-state index contributed by atoms with van der Waals surface area (Å²) in [6.07, 6.45) is 2.74. The Labute approximate surface area is 168 Å². The van der Waals surface area contributed by atoms with Gasteiger partial charge >= 0.3 is 0 Å². The van der Waals surface area contributed by atoms with Gasteiger partial charge in [0, 0.05) is 32.0 Å². The van der Waals surface area contributed by atoms with Crippen LogP contribution in [-0.2, 0) is 16.6 Å². The monoisotopic (exact) mass is 402 g/mol. The van der Waals surface area contributed by atoms with Crippen LogP contribution in [-0.4, -0.2) is 53.4 Å². The first-order valence-electron chi connectivity index (χ1n) is 9.92. The summed E-state index contributed by atoms with van der Waals surface area (Å²) in [6.45, 7) is 2.72. The summed E-state index contributed by atoms with van der Waals surface area (Å²) >= 11 is 1.63. The molecule has 0 unspecified atom stereocenters. The molecule has 7 nitrogen and oxygen atoms in total. The number of nitrogens with one attached hydrogen (secondary N) is 2. The van der Waals surface area contributed by atoms with E-state index in [2.05, 4.69) is 10.6 Å². The second-order valence-electron chi connectivity index (χ2n) is 7.70. The summed E-state index contributed by atoms with van der Waals surface area (Å²) in [6, 6.07) is 3.96. The largest absolute Gasteiger partial charge is 0.339 e. The fourth-order valence-corrected chi connectivity index (χ4v) is 5.02. The molecule has 2 aromatic heterocycles. The van der Waals surface area contributed by atoms with Crippen LogP contribution in [0, 0.1) is 11.8 Å². The van der Waals surface area contributed by atoms with Crippen molar-refractivity contribution in [2.75, 3.05) is 26.2 Å². The summed E-state index contributed by atoms with van der Waals surface area (Å²) in [5.74, 6) is -0.593. The summed E-state index contributed by atoms with van der Waals surface area (Å²) in [5, 5.41) is 7.85. The Morgan fingerprint density at radius 3 is 2.36 bits per heavy atom. The van der Waals surface area contributed by atoms with Gasteiger partial charge in [0.25, 0.3) is 5.91 Å². The van der Waals surface area contributed by atoms with Crippen molar-refractivity contribution in [2.24, 2.45) is 18.9 Å². The second kappa shape index (κ2) is 8.05. The molecule has 2 aliphatic heterocycles. The zero-order chi connectivity index (χ0) is 19.7. The van der Waals surface area contributed by atoms with Crippen LogP contribution in [0.3, 0.4) is 0 Å². The number of carbonyl (C=O) groups is 3. The van der Waals surface area contributed by atoms with Gasteiger partial charge in [0.05, 0.1) is 10.2 Å². The zero-order valence-corrected chi connectivity index (χ0v) is 16.9. The van der Waals surface area contributed by atoms with E-state index < -0.39 is 0 Å². The number of likely N-dealkylation sites (tertiary alicyclic amines) is 1. The maximum atomic E-state index is 12.9. The van der Waals surface area contributed by atoms with Crippen LogP contribution in [0.2, 0.25) is 0 Å². The van der Waals surface area contributed by atoms with Crippen molar-refractivity contribution in [3.05, 3.63) is 23.2 Å². The van der Waals surface area contributed by atoms with Crippen LogP contribution in [0.25, 0.3) is 10.2 Å². The molecule has 0 bridgehead atoms. The maximum Gasteiger partial charge on any atom is 0.270 e. The molecule has 0 aliphatic carbocycles. The van der Waals surface area contributed by atoms with Gasteiger partial charge in [0.2, 0.25) is 11.8 Å². The molecule has 2 aromatic rings. The SMILES string of the molecule is Cn1c(C(=O)N2CCC(C(=O)NC(=O)C3CCNCC3)CC2)cc2sccc21. The van der Waals surface area contributed by atoms with Gasteiger partial charge in [0.15, 0.2) is 0 Å². The van der Waals surface area contributed by atoms with Gasteiger partial charge in [-0.1, -0.05) is 0 Å². The van der Waals surface area contributed by atoms with E-state index in [9.17, 15) is 14.4 Å². The van der Waals surface area contributed by atoms with Crippen molar-refractivity contribution in [1.82, 2.24) is 20.1 Å². The Bertz CT molecular complexity index is 889. The van der Waals surface area contributed by atoms with Gasteiger partial charge in [0.1, 0.15) is 5.69 Å². The Morgan fingerprint density at radius 2 is 1.71 bits per heavy atom. The molecule has 0 atom stereocenters. The average Bonchev–Trinajstić information content (AvgIpc) is 3.31. The number of imide groups is 1. The Morgan fingerprint density at radius 1 is 1.07 bits per heavy atom. The highest BCUT2D eigenvalue weighted by atomic mass is 32.1. The summed E-state index contributed by atoms with van der Waals surface area (Å²) in [7, 11) is 1.91. The predicted octanol–water partition coefficient (Wildman–Crippen LogP) is 1.73. The summed E-state index contributed by atoms with van der Waals surface area (Å²) in [5.41, 5.74) is 1.75. The Hall–Kier alpha value is -2.19. The number of rotatable bonds is 3. The topological polar surface area (TPSA) is 83.4 Å². The molecule has 0 aromatic carbocycles. The molecule has 0 spiro atoms. The molecule has 3 amide bonds. The van der Waals surface area contributed by atoms with Crippen molar-refractivity contribution in [3.8, 4) is 0 Å². The lowest BCUT2D eigenvalue weighted by atomic mass is 9.94. The number of piperidine rings is 2. The average molecular weight is 403 g/mol. The van der Waals surface area contributed by atoms with E-state index in [0.717, 1.165) is 36.1 Å². The highest BCUT2D eigenvalue weighted by molar-refractivity contribution is 7.17. The van der Waals surface area contributed by atoms with Crippen LogP contribution in [0.5, 0.6) is 0 Å². The Kier molecular flexibility index (Phi) is 5.50. The van der Waals surface area contributed by atoms with E-state index in [0.29, 0.717) is 31.6 Å². The van der Waals surface area contributed by atoms with Crippen LogP contribution in [0.1, 0.15) is 36.2 Å². The lowest BCUT2D eigenvalue weighted by Crippen LogP contribution is -2.46. The maximum absolute atomic E-state index is 12.9. The van der Waals surface area contributed by atoms with Crippen LogP contribution < -0.4 is 10.6 Å². The molecule has 2 saturated heterocycles. The van der Waals surface area contributed by atoms with E-state index in [-0.39, 0.29) is 29.6 Å². The Balaban J connectivity index is 1.31. The molecular weight excluding hydrogens is 376 g/mol. The van der Waals surface area contributed by atoms with E-state index in [1.54, 1.807) is 11.3 Å². The molecule has 8 heteroatoms. The number of carbonyl (C=O) groups excluding carboxylic acids is 3. The fraction of sp³-hybridized carbons (Fsp3) is 0.550. The predicted molar refractivity (Wildman–Crippen MR) is 108 cm³/mol. The van der Waals surface area contributed by atoms with Crippen molar-refractivity contribution < 1.29 is 14.4 Å². The fourth-order valence-electron chi connectivity index (χ4n) is 4.17. The minimum absolute atomic E-state index is 0.00976. The van der Waals surface area contributed by atoms with E-state index in [1.807, 2.05) is 34.0 Å². The minimum atomic E-state index is -0.202. The molecule has 2 N–H and O–H groups in total. The first kappa shape index (κ1) is 19.1. The molecule has 4 heterocycles. The van der Waals surface area contributed by atoms with E-state index in [1.165, 1.54) is 0 Å². The van der Waals surface area contributed by atoms with Gasteiger partial charge < -0.3 is 14.8 Å². The summed E-state index contributed by atoms with van der Waals surface area (Å²) in [4.78, 5) is 39.5. The summed E-state index contributed by atoms with van der Waals surface area (Å²) < 4.78 is 3.04. The van der Waals surface area contributed by atoms with Gasteiger partial charge in [-0.25, -0.2) is 0 Å². The number of amides is 3. The molecule has 0 saturated carbocycles. The molecule has 0 radical (unpaired) electrons. The van der Waals surface area contributed by atoms with Crippen LogP contribution in [0.15, 0.2) is 17.5 Å². The highest BCUT2D eigenvalue weighted by Gasteiger charge is 2.31. The van der Waals surface area contributed by atoms with Gasteiger partial charge in [-0.3, -0.25) is 19.7 Å². The van der Waals surface area contributed by atoms with Crippen molar-refractivity contribution in [1.29, 1.82) is 0 Å². The van der Waals surface area contributed by atoms with E-state index in [4.69, 9.17) is 0 Å². The molecule has 2 aliphatic rings. The smallest absolute Gasteiger partial charge is 0.270 e. The quantitative estimate of drug-likeness (QED) is 0.766. The van der Waals surface area contributed by atoms with Crippen LogP contribution in [0.4, 0.5) is 0 Å². The van der Waals surface area contributed by atoms with Crippen LogP contribution >= 0.6 is 11.3 Å². The first-order valence-corrected chi connectivity index (χ1v) is 10.8. The van der Waals surface area contributed by atoms with Crippen molar-refractivity contribution in [2.45, 2.75) is 25.7 Å². The molecule has 28 heavy (non-hydrogen) atoms. The van der Waals surface area contributed by atoms with Crippen molar-refractivity contribution >= 4 is 39.3 Å². The van der Waals surface area contributed by atoms with Crippen molar-refractivity contribution in [3.63, 3.8) is 0 Å². The number of aromatic nitrogens is 1. The second-order valence-corrected chi connectivity index (χ2v) is 8.65. The number of fused-ring (bicyclic) bond motifs is 1. The third-order valence-electron chi connectivity index (χ3n) is 5.99. The molecule has 2 fully saturated rings. The molecular formula is C20H26N4O3S. The number of thiophene rings is 1. The number of hydrogen-bond acceptors (Lipinski definition) is 5. The molecule has 4 rings (SSSR count). The normalized spacial score (nSPS) is 19.1. The third-order valence-corrected chi connectivity index (χ3v) is 6.85. The number of aryl methyl sites for hydroxylation is 1. The first-order chi connectivity index (χ1) is 13.5. The zero-order valence-electron chi connectivity index (χ0n) is 16.1. The van der Waals surface area contributed by atoms with Gasteiger partial charge in [-0.2, -0.15) is 0 Å². The van der Waals surface area contributed by atoms with Gasteiger partial charge in [-0.05, 0) is 56.3 Å². The van der Waals surface area contributed by atoms with Gasteiger partial charge in [-0.15, -0.1) is 11.3 Å². The number of nitrogens with zero attached hydrogens (tertiary/aromatic N) is 2. The number of hydrogen-bond donors (Lipinski definition) is 2. The highest BCUT2D eigenvalue weighted by Crippen LogP contribution is 2.26. The third kappa shape index (κ3) is 3.71. The standard InChI is InChI=1S/C20H26N4O3S/c1-23-15-6-11-28-17(15)12-16(23)20(27)24-9-4-14(5-10-24)19(26)22-18(25)13-2-7-21-8-3-13/h6,11-14,21H,2-5,7-10H2,1H3,(H,22,25,26). The minimum Gasteiger partial charge on any atom is -0.339 e.